The maximum atomic E-state index is 11.3. The third kappa shape index (κ3) is 2.34. The van der Waals surface area contributed by atoms with E-state index in [1.54, 1.807) is 4.57 Å². The molecule has 4 N–H and O–H groups in total. The van der Waals surface area contributed by atoms with E-state index in [-0.39, 0.29) is 11.5 Å². The fourth-order valence-electron chi connectivity index (χ4n) is 2.14. The van der Waals surface area contributed by atoms with Crippen LogP contribution in [-0.2, 0) is 6.54 Å². The number of carbonyl (C=O) groups is 1. The van der Waals surface area contributed by atoms with Gasteiger partial charge in [-0.15, -0.1) is 0 Å². The Balaban J connectivity index is 2.37. The Morgan fingerprint density at radius 1 is 1.28 bits per heavy atom. The largest absolute Gasteiger partial charge is 0.382 e. The number of primary amides is 1. The highest BCUT2D eigenvalue weighted by molar-refractivity contribution is 5.95. The van der Waals surface area contributed by atoms with Crippen LogP contribution in [0.2, 0.25) is 0 Å². The highest BCUT2D eigenvalue weighted by Crippen LogP contribution is 2.14. The van der Waals surface area contributed by atoms with Crippen molar-refractivity contribution in [1.82, 2.24) is 9.55 Å². The van der Waals surface area contributed by atoms with Crippen molar-refractivity contribution in [3.05, 3.63) is 46.9 Å². The van der Waals surface area contributed by atoms with Crippen LogP contribution in [0.1, 0.15) is 27.2 Å². The standard InChI is InChI=1S/C13H16N4O/c1-8-3-9(2)5-10(4-8)6-17-7-16-12(14)11(17)13(15)18/h3-5,7H,6,14H2,1-2H3,(H2,15,18). The first kappa shape index (κ1) is 12.2. The van der Waals surface area contributed by atoms with Gasteiger partial charge < -0.3 is 16.0 Å². The third-order valence-corrected chi connectivity index (χ3v) is 2.73. The molecule has 1 aromatic carbocycles. The highest BCUT2D eigenvalue weighted by Gasteiger charge is 2.13. The summed E-state index contributed by atoms with van der Waals surface area (Å²) in [5.41, 5.74) is 14.6. The molecule has 0 aliphatic carbocycles. The molecule has 5 nitrogen and oxygen atoms in total. The number of anilines is 1. The zero-order chi connectivity index (χ0) is 13.3. The number of benzene rings is 1. The molecule has 0 aliphatic rings. The summed E-state index contributed by atoms with van der Waals surface area (Å²) in [7, 11) is 0. The molecule has 94 valence electrons. The molecule has 18 heavy (non-hydrogen) atoms. The minimum absolute atomic E-state index is 0.173. The minimum Gasteiger partial charge on any atom is -0.382 e. The van der Waals surface area contributed by atoms with Crippen LogP contribution in [0.4, 0.5) is 5.82 Å². The van der Waals surface area contributed by atoms with Gasteiger partial charge in [-0.2, -0.15) is 0 Å². The van der Waals surface area contributed by atoms with E-state index in [4.69, 9.17) is 11.5 Å². The quantitative estimate of drug-likeness (QED) is 0.851. The van der Waals surface area contributed by atoms with Gasteiger partial charge in [0.1, 0.15) is 0 Å². The van der Waals surface area contributed by atoms with E-state index in [2.05, 4.69) is 23.2 Å². The number of nitrogens with two attached hydrogens (primary N) is 2. The van der Waals surface area contributed by atoms with Gasteiger partial charge in [-0.25, -0.2) is 4.98 Å². The van der Waals surface area contributed by atoms with Crippen molar-refractivity contribution in [2.45, 2.75) is 20.4 Å². The number of nitrogen functional groups attached to an aromatic ring is 1. The molecule has 1 amide bonds. The fourth-order valence-corrected chi connectivity index (χ4v) is 2.14. The number of carbonyl (C=O) groups excluding carboxylic acids is 1. The van der Waals surface area contributed by atoms with Gasteiger partial charge >= 0.3 is 0 Å². The molecule has 2 rings (SSSR count). The second-order valence-corrected chi connectivity index (χ2v) is 4.47. The molecular weight excluding hydrogens is 228 g/mol. The predicted octanol–water partition coefficient (Wildman–Crippen LogP) is 1.23. The summed E-state index contributed by atoms with van der Waals surface area (Å²) in [6.07, 6.45) is 1.53. The number of aromatic nitrogens is 2. The Bertz CT molecular complexity index is 581. The topological polar surface area (TPSA) is 86.9 Å². The first-order valence-electron chi connectivity index (χ1n) is 5.65. The molecule has 0 spiro atoms. The number of amides is 1. The van der Waals surface area contributed by atoms with E-state index in [9.17, 15) is 4.79 Å². The molecule has 2 aromatic rings. The van der Waals surface area contributed by atoms with Crippen molar-refractivity contribution in [2.24, 2.45) is 5.73 Å². The summed E-state index contributed by atoms with van der Waals surface area (Å²) in [4.78, 5) is 15.2. The predicted molar refractivity (Wildman–Crippen MR) is 70.2 cm³/mol. The smallest absolute Gasteiger partial charge is 0.269 e. The lowest BCUT2D eigenvalue weighted by atomic mass is 10.1. The number of nitrogens with zero attached hydrogens (tertiary/aromatic N) is 2. The monoisotopic (exact) mass is 244 g/mol. The lowest BCUT2D eigenvalue weighted by Gasteiger charge is -2.08. The Labute approximate surface area is 105 Å². The van der Waals surface area contributed by atoms with Gasteiger partial charge in [0.05, 0.1) is 6.33 Å². The molecule has 0 atom stereocenters. The van der Waals surface area contributed by atoms with Crippen molar-refractivity contribution >= 4 is 11.7 Å². The Morgan fingerprint density at radius 2 is 1.89 bits per heavy atom. The van der Waals surface area contributed by atoms with Gasteiger partial charge in [0.2, 0.25) is 0 Å². The average molecular weight is 244 g/mol. The van der Waals surface area contributed by atoms with Crippen LogP contribution in [0.25, 0.3) is 0 Å². The maximum Gasteiger partial charge on any atom is 0.269 e. The molecule has 0 aliphatic heterocycles. The molecule has 0 bridgehead atoms. The first-order chi connectivity index (χ1) is 8.47. The lowest BCUT2D eigenvalue weighted by molar-refractivity contribution is 0.0993. The molecule has 0 unspecified atom stereocenters. The van der Waals surface area contributed by atoms with Gasteiger partial charge in [0.25, 0.3) is 5.91 Å². The van der Waals surface area contributed by atoms with Crippen LogP contribution in [-0.4, -0.2) is 15.5 Å². The van der Waals surface area contributed by atoms with Crippen LogP contribution in [0.3, 0.4) is 0 Å². The maximum absolute atomic E-state index is 11.3. The zero-order valence-electron chi connectivity index (χ0n) is 10.5. The van der Waals surface area contributed by atoms with E-state index in [1.165, 1.54) is 17.5 Å². The van der Waals surface area contributed by atoms with Crippen LogP contribution in [0.15, 0.2) is 24.5 Å². The lowest BCUT2D eigenvalue weighted by Crippen LogP contribution is -2.18. The van der Waals surface area contributed by atoms with Crippen LogP contribution in [0, 0.1) is 13.8 Å². The second-order valence-electron chi connectivity index (χ2n) is 4.47. The molecule has 0 saturated heterocycles. The van der Waals surface area contributed by atoms with Crippen molar-refractivity contribution in [2.75, 3.05) is 5.73 Å². The number of aryl methyl sites for hydroxylation is 2. The fraction of sp³-hybridized carbons (Fsp3) is 0.231. The van der Waals surface area contributed by atoms with E-state index in [0.717, 1.165) is 5.56 Å². The number of rotatable bonds is 3. The number of hydrogen-bond donors (Lipinski definition) is 2. The first-order valence-corrected chi connectivity index (χ1v) is 5.65. The van der Waals surface area contributed by atoms with Crippen LogP contribution < -0.4 is 11.5 Å². The zero-order valence-corrected chi connectivity index (χ0v) is 10.5. The summed E-state index contributed by atoms with van der Waals surface area (Å²) in [5.74, 6) is -0.388. The van der Waals surface area contributed by atoms with Gasteiger partial charge in [-0.05, 0) is 19.4 Å². The second kappa shape index (κ2) is 4.52. The van der Waals surface area contributed by atoms with Gasteiger partial charge in [-0.3, -0.25) is 4.79 Å². The van der Waals surface area contributed by atoms with E-state index < -0.39 is 5.91 Å². The molecule has 0 fully saturated rings. The van der Waals surface area contributed by atoms with Gasteiger partial charge in [-0.1, -0.05) is 29.3 Å². The molecule has 5 heteroatoms. The molecule has 0 saturated carbocycles. The Kier molecular flexibility index (Phi) is 3.06. The summed E-state index contributed by atoms with van der Waals surface area (Å²) >= 11 is 0. The third-order valence-electron chi connectivity index (χ3n) is 2.73. The normalized spacial score (nSPS) is 10.6. The SMILES string of the molecule is Cc1cc(C)cc(Cn2cnc(N)c2C(N)=O)c1. The van der Waals surface area contributed by atoms with Crippen molar-refractivity contribution in [3.8, 4) is 0 Å². The minimum atomic E-state index is -0.561. The Morgan fingerprint density at radius 3 is 2.44 bits per heavy atom. The summed E-state index contributed by atoms with van der Waals surface area (Å²) < 4.78 is 1.67. The molecular formula is C13H16N4O. The van der Waals surface area contributed by atoms with Crippen molar-refractivity contribution in [1.29, 1.82) is 0 Å². The average Bonchev–Trinajstić information content (AvgIpc) is 2.57. The van der Waals surface area contributed by atoms with Crippen LogP contribution in [0.5, 0.6) is 0 Å². The summed E-state index contributed by atoms with van der Waals surface area (Å²) in [5, 5.41) is 0. The van der Waals surface area contributed by atoms with E-state index >= 15 is 0 Å². The van der Waals surface area contributed by atoms with Gasteiger partial charge in [0, 0.05) is 6.54 Å². The Hall–Kier alpha value is -2.30. The van der Waals surface area contributed by atoms with Gasteiger partial charge in [0.15, 0.2) is 11.5 Å². The van der Waals surface area contributed by atoms with E-state index in [1.807, 2.05) is 13.8 Å². The number of imidazole rings is 1. The molecule has 1 aromatic heterocycles. The van der Waals surface area contributed by atoms with Crippen LogP contribution >= 0.6 is 0 Å². The van der Waals surface area contributed by atoms with Crippen molar-refractivity contribution in [3.63, 3.8) is 0 Å². The highest BCUT2D eigenvalue weighted by atomic mass is 16.1. The number of hydrogen-bond acceptors (Lipinski definition) is 3. The molecule has 1 heterocycles. The van der Waals surface area contributed by atoms with Crippen molar-refractivity contribution < 1.29 is 4.79 Å². The summed E-state index contributed by atoms with van der Waals surface area (Å²) in [6.45, 7) is 4.60. The molecule has 0 radical (unpaired) electrons. The van der Waals surface area contributed by atoms with E-state index in [0.29, 0.717) is 6.54 Å². The summed E-state index contributed by atoms with van der Waals surface area (Å²) in [6, 6.07) is 6.22.